The molecule has 1 amide bonds. The minimum absolute atomic E-state index is 0.0774. The first-order chi connectivity index (χ1) is 10.5. The predicted molar refractivity (Wildman–Crippen MR) is 88.6 cm³/mol. The van der Waals surface area contributed by atoms with Gasteiger partial charge in [0, 0.05) is 23.2 Å². The first kappa shape index (κ1) is 14.6. The van der Waals surface area contributed by atoms with Gasteiger partial charge >= 0.3 is 0 Å². The molecule has 0 bridgehead atoms. The number of amides is 1. The molecule has 1 aliphatic heterocycles. The van der Waals surface area contributed by atoms with E-state index in [9.17, 15) is 4.79 Å². The third-order valence-electron chi connectivity index (χ3n) is 4.38. The Morgan fingerprint density at radius 1 is 1.23 bits per heavy atom. The fourth-order valence-electron chi connectivity index (χ4n) is 2.85. The van der Waals surface area contributed by atoms with Gasteiger partial charge in [0.05, 0.1) is 0 Å². The summed E-state index contributed by atoms with van der Waals surface area (Å²) in [5.74, 6) is 0.802. The van der Waals surface area contributed by atoms with Gasteiger partial charge in [-0.25, -0.2) is 0 Å². The third-order valence-corrected chi connectivity index (χ3v) is 4.38. The second kappa shape index (κ2) is 5.48. The zero-order valence-corrected chi connectivity index (χ0v) is 13.3. The van der Waals surface area contributed by atoms with E-state index < -0.39 is 0 Å². The summed E-state index contributed by atoms with van der Waals surface area (Å²) in [4.78, 5) is 12.6. The molecule has 3 heteroatoms. The van der Waals surface area contributed by atoms with Crippen LogP contribution >= 0.6 is 0 Å². The van der Waals surface area contributed by atoms with Crippen molar-refractivity contribution in [1.82, 2.24) is 0 Å². The number of hydrogen-bond donors (Lipinski definition) is 1. The maximum atomic E-state index is 12.6. The number of para-hydroxylation sites is 1. The standard InChI is InChI=1S/C19H21NO2/c1-4-19(3)12-16-15(11-10-13(2)17(16)22-19)18(21)20-14-8-6-5-7-9-14/h5-11H,4,12H2,1-3H3,(H,20,21). The summed E-state index contributed by atoms with van der Waals surface area (Å²) < 4.78 is 6.14. The zero-order chi connectivity index (χ0) is 15.7. The summed E-state index contributed by atoms with van der Waals surface area (Å²) in [7, 11) is 0. The number of benzene rings is 2. The SMILES string of the molecule is CCC1(C)Cc2c(C(=O)Nc3ccccc3)ccc(C)c2O1. The van der Waals surface area contributed by atoms with Crippen LogP contribution in [0, 0.1) is 6.92 Å². The second-order valence-electron chi connectivity index (χ2n) is 6.14. The highest BCUT2D eigenvalue weighted by Gasteiger charge is 2.36. The maximum Gasteiger partial charge on any atom is 0.256 e. The molecule has 3 nitrogen and oxygen atoms in total. The maximum absolute atomic E-state index is 12.6. The summed E-state index contributed by atoms with van der Waals surface area (Å²) in [6.45, 7) is 6.25. The van der Waals surface area contributed by atoms with Crippen LogP contribution in [0.2, 0.25) is 0 Å². The van der Waals surface area contributed by atoms with E-state index in [4.69, 9.17) is 4.74 Å². The molecule has 114 valence electrons. The van der Waals surface area contributed by atoms with Crippen LogP contribution in [0.15, 0.2) is 42.5 Å². The molecular formula is C19H21NO2. The fraction of sp³-hybridized carbons (Fsp3) is 0.316. The van der Waals surface area contributed by atoms with E-state index in [1.165, 1.54) is 0 Å². The van der Waals surface area contributed by atoms with Crippen molar-refractivity contribution in [2.45, 2.75) is 39.2 Å². The van der Waals surface area contributed by atoms with Gasteiger partial charge in [0.1, 0.15) is 11.4 Å². The molecule has 0 aromatic heterocycles. The Kier molecular flexibility index (Phi) is 3.65. The smallest absolute Gasteiger partial charge is 0.256 e. The van der Waals surface area contributed by atoms with Gasteiger partial charge in [-0.05, 0) is 44.0 Å². The molecule has 0 fully saturated rings. The van der Waals surface area contributed by atoms with Gasteiger partial charge in [-0.1, -0.05) is 31.2 Å². The van der Waals surface area contributed by atoms with E-state index >= 15 is 0 Å². The summed E-state index contributed by atoms with van der Waals surface area (Å²) in [6, 6.07) is 13.4. The quantitative estimate of drug-likeness (QED) is 0.914. The predicted octanol–water partition coefficient (Wildman–Crippen LogP) is 4.35. The number of anilines is 1. The Morgan fingerprint density at radius 3 is 2.64 bits per heavy atom. The Morgan fingerprint density at radius 2 is 1.95 bits per heavy atom. The molecule has 0 aliphatic carbocycles. The van der Waals surface area contributed by atoms with Gasteiger partial charge in [0.2, 0.25) is 0 Å². The lowest BCUT2D eigenvalue weighted by Crippen LogP contribution is -2.29. The Bertz CT molecular complexity index is 709. The number of nitrogens with one attached hydrogen (secondary N) is 1. The lowest BCUT2D eigenvalue weighted by molar-refractivity contribution is 0.102. The van der Waals surface area contributed by atoms with Gasteiger partial charge in [-0.2, -0.15) is 0 Å². The van der Waals surface area contributed by atoms with Crippen molar-refractivity contribution in [3.63, 3.8) is 0 Å². The monoisotopic (exact) mass is 295 g/mol. The first-order valence-electron chi connectivity index (χ1n) is 7.70. The van der Waals surface area contributed by atoms with Crippen LogP contribution < -0.4 is 10.1 Å². The highest BCUT2D eigenvalue weighted by atomic mass is 16.5. The minimum Gasteiger partial charge on any atom is -0.487 e. The van der Waals surface area contributed by atoms with Crippen molar-refractivity contribution < 1.29 is 9.53 Å². The van der Waals surface area contributed by atoms with Gasteiger partial charge in [0.25, 0.3) is 5.91 Å². The van der Waals surface area contributed by atoms with Gasteiger partial charge in [-0.15, -0.1) is 0 Å². The number of fused-ring (bicyclic) bond motifs is 1. The normalized spacial score (nSPS) is 19.4. The molecule has 1 N–H and O–H groups in total. The average molecular weight is 295 g/mol. The first-order valence-corrected chi connectivity index (χ1v) is 7.70. The highest BCUT2D eigenvalue weighted by molar-refractivity contribution is 6.06. The van der Waals surface area contributed by atoms with E-state index in [0.717, 1.165) is 35.4 Å². The average Bonchev–Trinajstić information content (AvgIpc) is 2.88. The van der Waals surface area contributed by atoms with Crippen molar-refractivity contribution in [2.75, 3.05) is 5.32 Å². The van der Waals surface area contributed by atoms with Crippen LogP contribution in [0.4, 0.5) is 5.69 Å². The molecule has 1 aliphatic rings. The molecule has 2 aromatic rings. The molecule has 3 rings (SSSR count). The molecule has 0 radical (unpaired) electrons. The molecule has 2 aromatic carbocycles. The van der Waals surface area contributed by atoms with E-state index in [-0.39, 0.29) is 11.5 Å². The fourth-order valence-corrected chi connectivity index (χ4v) is 2.85. The topological polar surface area (TPSA) is 38.3 Å². The molecule has 1 heterocycles. The molecule has 0 spiro atoms. The molecule has 22 heavy (non-hydrogen) atoms. The number of aryl methyl sites for hydroxylation is 1. The molecule has 1 unspecified atom stereocenters. The minimum atomic E-state index is -0.212. The van der Waals surface area contributed by atoms with Crippen molar-refractivity contribution >= 4 is 11.6 Å². The molecule has 0 saturated heterocycles. The summed E-state index contributed by atoms with van der Waals surface area (Å²) in [5, 5.41) is 2.96. The van der Waals surface area contributed by atoms with Gasteiger partial charge in [-0.3, -0.25) is 4.79 Å². The Balaban J connectivity index is 1.94. The van der Waals surface area contributed by atoms with E-state index in [0.29, 0.717) is 5.56 Å². The number of ether oxygens (including phenoxy) is 1. The van der Waals surface area contributed by atoms with Crippen molar-refractivity contribution in [1.29, 1.82) is 0 Å². The zero-order valence-electron chi connectivity index (χ0n) is 13.3. The molecule has 1 atom stereocenters. The van der Waals surface area contributed by atoms with Crippen LogP contribution in [0.25, 0.3) is 0 Å². The molecule has 0 saturated carbocycles. The Hall–Kier alpha value is -2.29. The Labute approximate surface area is 131 Å². The van der Waals surface area contributed by atoms with Crippen molar-refractivity contribution in [3.05, 3.63) is 59.2 Å². The van der Waals surface area contributed by atoms with Gasteiger partial charge < -0.3 is 10.1 Å². The molecular weight excluding hydrogens is 274 g/mol. The summed E-state index contributed by atoms with van der Waals surface area (Å²) in [5.41, 5.74) is 3.41. The van der Waals surface area contributed by atoms with Crippen molar-refractivity contribution in [3.8, 4) is 5.75 Å². The lowest BCUT2D eigenvalue weighted by Gasteiger charge is -2.21. The number of rotatable bonds is 3. The van der Waals surface area contributed by atoms with E-state index in [1.807, 2.05) is 49.4 Å². The number of carbonyl (C=O) groups is 1. The van der Waals surface area contributed by atoms with Crippen molar-refractivity contribution in [2.24, 2.45) is 0 Å². The van der Waals surface area contributed by atoms with Crippen LogP contribution in [0.1, 0.15) is 41.8 Å². The van der Waals surface area contributed by atoms with Gasteiger partial charge in [0.15, 0.2) is 0 Å². The highest BCUT2D eigenvalue weighted by Crippen LogP contribution is 2.41. The number of hydrogen-bond acceptors (Lipinski definition) is 2. The van der Waals surface area contributed by atoms with E-state index in [2.05, 4.69) is 19.2 Å². The van der Waals surface area contributed by atoms with Crippen LogP contribution in [0.5, 0.6) is 5.75 Å². The van der Waals surface area contributed by atoms with Crippen LogP contribution in [-0.2, 0) is 6.42 Å². The summed E-state index contributed by atoms with van der Waals surface area (Å²) >= 11 is 0. The van der Waals surface area contributed by atoms with Crippen LogP contribution in [0.3, 0.4) is 0 Å². The largest absolute Gasteiger partial charge is 0.487 e. The number of carbonyl (C=O) groups excluding carboxylic acids is 1. The van der Waals surface area contributed by atoms with E-state index in [1.54, 1.807) is 0 Å². The lowest BCUT2D eigenvalue weighted by atomic mass is 9.92. The van der Waals surface area contributed by atoms with Crippen LogP contribution in [-0.4, -0.2) is 11.5 Å². The summed E-state index contributed by atoms with van der Waals surface area (Å²) in [6.07, 6.45) is 1.69. The second-order valence-corrected chi connectivity index (χ2v) is 6.14. The third kappa shape index (κ3) is 2.59.